The number of hydrogen-bond acceptors (Lipinski definition) is 4. The Hall–Kier alpha value is -1.88. The monoisotopic (exact) mass is 362 g/mol. The number of carbonyl (C=O) groups excluding carboxylic acids is 2. The van der Waals surface area contributed by atoms with E-state index in [-0.39, 0.29) is 16.2 Å². The number of ether oxygens (including phenoxy) is 1. The van der Waals surface area contributed by atoms with E-state index in [2.05, 4.69) is 20.8 Å². The summed E-state index contributed by atoms with van der Waals surface area (Å²) < 4.78 is 11.1. The fraction of sp³-hybridized carbons (Fsp3) is 0.500. The zero-order valence-electron chi connectivity index (χ0n) is 16.2. The van der Waals surface area contributed by atoms with Gasteiger partial charge in [-0.25, -0.2) is 9.59 Å². The van der Waals surface area contributed by atoms with Crippen molar-refractivity contribution in [1.29, 1.82) is 0 Å². The lowest BCUT2D eigenvalue weighted by Crippen LogP contribution is -2.42. The Bertz CT molecular complexity index is 627. The predicted octanol–water partition coefficient (Wildman–Crippen LogP) is 5.36. The zero-order chi connectivity index (χ0) is 19.1. The van der Waals surface area contributed by atoms with Gasteiger partial charge in [0.25, 0.3) is 8.32 Å². The number of hydrogen-bond donors (Lipinski definition) is 0. The average molecular weight is 363 g/mol. The van der Waals surface area contributed by atoms with Gasteiger partial charge in [0.15, 0.2) is 0 Å². The van der Waals surface area contributed by atoms with Gasteiger partial charge in [0, 0.05) is 0 Å². The SMILES string of the molecule is CC/C=C\CCOC(=O)c1ccccc1C(=O)O[Si](C)(C)C(C)(C)C. The lowest BCUT2D eigenvalue weighted by Gasteiger charge is -2.35. The molecule has 1 aromatic rings. The molecule has 25 heavy (non-hydrogen) atoms. The van der Waals surface area contributed by atoms with Crippen molar-refractivity contribution in [3.05, 3.63) is 47.5 Å². The molecule has 0 aliphatic carbocycles. The van der Waals surface area contributed by atoms with Crippen LogP contribution in [-0.4, -0.2) is 26.9 Å². The normalized spacial score (nSPS) is 12.2. The van der Waals surface area contributed by atoms with Crippen molar-refractivity contribution in [2.45, 2.75) is 58.7 Å². The molecule has 0 atom stereocenters. The summed E-state index contributed by atoms with van der Waals surface area (Å²) in [5.74, 6) is -0.947. The highest BCUT2D eigenvalue weighted by Gasteiger charge is 2.41. The van der Waals surface area contributed by atoms with Crippen LogP contribution < -0.4 is 0 Å². The molecule has 0 amide bonds. The minimum absolute atomic E-state index is 0.0935. The highest BCUT2D eigenvalue weighted by molar-refractivity contribution is 6.75. The quantitative estimate of drug-likeness (QED) is 0.283. The smallest absolute Gasteiger partial charge is 0.339 e. The summed E-state index contributed by atoms with van der Waals surface area (Å²) in [7, 11) is -2.26. The van der Waals surface area contributed by atoms with Crippen LogP contribution in [0, 0.1) is 0 Å². The first-order valence-corrected chi connectivity index (χ1v) is 11.7. The van der Waals surface area contributed by atoms with E-state index in [1.54, 1.807) is 24.3 Å². The minimum atomic E-state index is -2.26. The highest BCUT2D eigenvalue weighted by atomic mass is 28.4. The van der Waals surface area contributed by atoms with Crippen molar-refractivity contribution in [3.8, 4) is 0 Å². The minimum Gasteiger partial charge on any atom is -0.516 e. The summed E-state index contributed by atoms with van der Waals surface area (Å²) in [6, 6.07) is 6.66. The predicted molar refractivity (Wildman–Crippen MR) is 103 cm³/mol. The standard InChI is InChI=1S/C20H30O4Si/c1-7-8-9-12-15-23-18(21)16-13-10-11-14-17(16)19(22)24-25(5,6)20(2,3)4/h8-11,13-14H,7,12,15H2,1-6H3/b9-8-. The molecule has 0 unspecified atom stereocenters. The van der Waals surface area contributed by atoms with Crippen LogP contribution in [0.5, 0.6) is 0 Å². The molecule has 0 aliphatic rings. The van der Waals surface area contributed by atoms with E-state index in [1.165, 1.54) is 0 Å². The second-order valence-electron chi connectivity index (χ2n) is 7.50. The van der Waals surface area contributed by atoms with Gasteiger partial charge in [-0.15, -0.1) is 0 Å². The lowest BCUT2D eigenvalue weighted by atomic mass is 10.1. The van der Waals surface area contributed by atoms with E-state index in [0.717, 1.165) is 6.42 Å². The molecule has 138 valence electrons. The summed E-state index contributed by atoms with van der Waals surface area (Å²) in [6.45, 7) is 12.6. The van der Waals surface area contributed by atoms with Gasteiger partial charge >= 0.3 is 11.9 Å². The summed E-state index contributed by atoms with van der Waals surface area (Å²) in [6.07, 6.45) is 5.62. The molecule has 1 rings (SSSR count). The molecule has 0 heterocycles. The van der Waals surface area contributed by atoms with Crippen LogP contribution in [-0.2, 0) is 9.16 Å². The van der Waals surface area contributed by atoms with E-state index in [4.69, 9.17) is 9.16 Å². The second kappa shape index (κ2) is 8.99. The molecule has 4 nitrogen and oxygen atoms in total. The molecule has 0 aliphatic heterocycles. The van der Waals surface area contributed by atoms with Crippen molar-refractivity contribution in [2.75, 3.05) is 6.61 Å². The molecule has 1 aromatic carbocycles. The topological polar surface area (TPSA) is 52.6 Å². The van der Waals surface area contributed by atoms with Gasteiger partial charge < -0.3 is 9.16 Å². The van der Waals surface area contributed by atoms with Crippen molar-refractivity contribution < 1.29 is 18.8 Å². The summed E-state index contributed by atoms with van der Waals surface area (Å²) in [5.41, 5.74) is 0.520. The molecule has 0 fully saturated rings. The third kappa shape index (κ3) is 6.16. The maximum Gasteiger partial charge on any atom is 0.339 e. The molecular weight excluding hydrogens is 332 g/mol. The van der Waals surface area contributed by atoms with Crippen molar-refractivity contribution in [3.63, 3.8) is 0 Å². The lowest BCUT2D eigenvalue weighted by molar-refractivity contribution is 0.0502. The zero-order valence-corrected chi connectivity index (χ0v) is 17.2. The van der Waals surface area contributed by atoms with Crippen LogP contribution in [0.3, 0.4) is 0 Å². The Morgan fingerprint density at radius 1 is 1.04 bits per heavy atom. The molecule has 5 heteroatoms. The van der Waals surface area contributed by atoms with Crippen molar-refractivity contribution in [1.82, 2.24) is 0 Å². The maximum atomic E-state index is 12.6. The van der Waals surface area contributed by atoms with Gasteiger partial charge in [-0.3, -0.25) is 0 Å². The maximum absolute atomic E-state index is 12.6. The van der Waals surface area contributed by atoms with E-state index in [1.807, 2.05) is 32.2 Å². The molecule has 0 radical (unpaired) electrons. The van der Waals surface area contributed by atoms with Crippen LogP contribution in [0.25, 0.3) is 0 Å². The Morgan fingerprint density at radius 3 is 2.12 bits per heavy atom. The Kier molecular flexibility index (Phi) is 7.61. The Morgan fingerprint density at radius 2 is 1.60 bits per heavy atom. The first-order chi connectivity index (χ1) is 11.6. The molecule has 0 saturated carbocycles. The Labute approximate surface area is 152 Å². The average Bonchev–Trinajstić information content (AvgIpc) is 2.53. The largest absolute Gasteiger partial charge is 0.516 e. The molecular formula is C20H30O4Si. The first-order valence-electron chi connectivity index (χ1n) is 8.74. The van der Waals surface area contributed by atoms with E-state index in [9.17, 15) is 9.59 Å². The van der Waals surface area contributed by atoms with E-state index >= 15 is 0 Å². The molecule has 0 aromatic heterocycles. The van der Waals surface area contributed by atoms with Gasteiger partial charge in [-0.1, -0.05) is 52.0 Å². The number of allylic oxidation sites excluding steroid dienone is 1. The summed E-state index contributed by atoms with van der Waals surface area (Å²) in [5, 5.41) is -0.0935. The van der Waals surface area contributed by atoms with Crippen LogP contribution in [0.2, 0.25) is 18.1 Å². The third-order valence-electron chi connectivity index (χ3n) is 4.44. The molecule has 0 spiro atoms. The van der Waals surface area contributed by atoms with E-state index < -0.39 is 20.3 Å². The van der Waals surface area contributed by atoms with Gasteiger partial charge in [-0.05, 0) is 43.1 Å². The van der Waals surface area contributed by atoms with Gasteiger partial charge in [0.05, 0.1) is 17.7 Å². The molecule has 0 bridgehead atoms. The Balaban J connectivity index is 2.87. The van der Waals surface area contributed by atoms with Crippen LogP contribution in [0.1, 0.15) is 61.3 Å². The van der Waals surface area contributed by atoms with Crippen LogP contribution in [0.15, 0.2) is 36.4 Å². The summed E-state index contributed by atoms with van der Waals surface area (Å²) in [4.78, 5) is 25.0. The van der Waals surface area contributed by atoms with Gasteiger partial charge in [0.1, 0.15) is 0 Å². The third-order valence-corrected chi connectivity index (χ3v) is 8.75. The van der Waals surface area contributed by atoms with Crippen molar-refractivity contribution >= 4 is 20.3 Å². The second-order valence-corrected chi connectivity index (χ2v) is 12.2. The van der Waals surface area contributed by atoms with Crippen LogP contribution >= 0.6 is 0 Å². The molecule has 0 saturated heterocycles. The number of benzene rings is 1. The number of carbonyl (C=O) groups is 2. The van der Waals surface area contributed by atoms with Gasteiger partial charge in [-0.2, -0.15) is 0 Å². The fourth-order valence-corrected chi connectivity index (χ4v) is 2.74. The fourth-order valence-electron chi connectivity index (χ4n) is 1.86. The van der Waals surface area contributed by atoms with Gasteiger partial charge in [0.2, 0.25) is 0 Å². The highest BCUT2D eigenvalue weighted by Crippen LogP contribution is 2.37. The summed E-state index contributed by atoms with van der Waals surface area (Å²) >= 11 is 0. The van der Waals surface area contributed by atoms with Crippen molar-refractivity contribution in [2.24, 2.45) is 0 Å². The number of rotatable bonds is 7. The van der Waals surface area contributed by atoms with Crippen LogP contribution in [0.4, 0.5) is 0 Å². The van der Waals surface area contributed by atoms with E-state index in [0.29, 0.717) is 13.0 Å². The molecule has 0 N–H and O–H groups in total. The first kappa shape index (κ1) is 21.2. The number of esters is 1.